The van der Waals surface area contributed by atoms with E-state index in [4.69, 9.17) is 4.98 Å². The third-order valence-electron chi connectivity index (χ3n) is 5.18. The number of aromatic nitrogens is 4. The van der Waals surface area contributed by atoms with E-state index in [9.17, 15) is 0 Å². The van der Waals surface area contributed by atoms with Crippen molar-refractivity contribution >= 4 is 32.8 Å². The molecular weight excluding hydrogens is 332 g/mol. The van der Waals surface area contributed by atoms with Gasteiger partial charge >= 0.3 is 0 Å². The topological polar surface area (TPSA) is 38.5 Å². The van der Waals surface area contributed by atoms with Gasteiger partial charge in [-0.1, -0.05) is 54.6 Å². The molecule has 27 heavy (non-hydrogen) atoms. The fourth-order valence-corrected chi connectivity index (χ4v) is 3.98. The Morgan fingerprint density at radius 3 is 2.37 bits per heavy atom. The quantitative estimate of drug-likeness (QED) is 0.444. The van der Waals surface area contributed by atoms with Gasteiger partial charge in [-0.15, -0.1) is 0 Å². The average Bonchev–Trinajstić information content (AvgIpc) is 3.41. The molecule has 0 radical (unpaired) electrons. The van der Waals surface area contributed by atoms with Crippen LogP contribution < -0.4 is 0 Å². The predicted octanol–water partition coefficient (Wildman–Crippen LogP) is 5.45. The summed E-state index contributed by atoms with van der Waals surface area (Å²) in [6, 6.07) is 27.2. The number of hydrogen-bond acceptors (Lipinski definition) is 1. The normalized spacial score (nSPS) is 11.7. The SMILES string of the molecule is c1ccc(-n2cnc(-n3c4ccccc4c4c5ccccc5[nH]c43)c2)cc1. The van der Waals surface area contributed by atoms with Crippen LogP contribution in [0, 0.1) is 0 Å². The number of aromatic amines is 1. The Balaban J connectivity index is 1.68. The third-order valence-corrected chi connectivity index (χ3v) is 5.18. The minimum Gasteiger partial charge on any atom is -0.340 e. The van der Waals surface area contributed by atoms with Crippen LogP contribution in [0.5, 0.6) is 0 Å². The minimum atomic E-state index is 0.900. The zero-order valence-electron chi connectivity index (χ0n) is 14.5. The number of hydrogen-bond donors (Lipinski definition) is 1. The van der Waals surface area contributed by atoms with Crippen molar-refractivity contribution in [2.45, 2.75) is 0 Å². The van der Waals surface area contributed by atoms with E-state index in [0.717, 1.165) is 28.2 Å². The summed E-state index contributed by atoms with van der Waals surface area (Å²) in [7, 11) is 0. The summed E-state index contributed by atoms with van der Waals surface area (Å²) in [5.74, 6) is 0.900. The van der Waals surface area contributed by atoms with E-state index in [-0.39, 0.29) is 0 Å². The molecule has 0 amide bonds. The van der Waals surface area contributed by atoms with E-state index in [0.29, 0.717) is 0 Å². The first-order valence-corrected chi connectivity index (χ1v) is 9.00. The van der Waals surface area contributed by atoms with Crippen LogP contribution in [-0.4, -0.2) is 19.1 Å². The van der Waals surface area contributed by atoms with Crippen LogP contribution in [0.25, 0.3) is 44.3 Å². The highest BCUT2D eigenvalue weighted by Crippen LogP contribution is 2.36. The van der Waals surface area contributed by atoms with Gasteiger partial charge in [-0.25, -0.2) is 4.98 Å². The van der Waals surface area contributed by atoms with Crippen molar-refractivity contribution in [3.63, 3.8) is 0 Å². The molecule has 0 aliphatic rings. The Bertz CT molecular complexity index is 1420. The number of nitrogens with one attached hydrogen (secondary N) is 1. The van der Waals surface area contributed by atoms with Crippen LogP contribution in [0.1, 0.15) is 0 Å². The third kappa shape index (κ3) is 2.01. The molecule has 3 aromatic heterocycles. The standard InChI is InChI=1S/C23H16N4/c1-2-8-16(9-3-1)26-14-21(24-15-26)27-20-13-7-5-11-18(20)22-17-10-4-6-12-19(17)25-23(22)27/h1-15,25H. The smallest absolute Gasteiger partial charge is 0.157 e. The predicted molar refractivity (Wildman–Crippen MR) is 110 cm³/mol. The first-order chi connectivity index (χ1) is 13.4. The van der Waals surface area contributed by atoms with Crippen LogP contribution in [0.15, 0.2) is 91.4 Å². The molecule has 0 aliphatic heterocycles. The van der Waals surface area contributed by atoms with Gasteiger partial charge in [0.1, 0.15) is 12.0 Å². The molecule has 1 N–H and O–H groups in total. The number of benzene rings is 3. The lowest BCUT2D eigenvalue weighted by Crippen LogP contribution is -1.95. The van der Waals surface area contributed by atoms with E-state index >= 15 is 0 Å². The molecule has 3 heterocycles. The molecule has 6 aromatic rings. The van der Waals surface area contributed by atoms with Crippen molar-refractivity contribution in [1.29, 1.82) is 0 Å². The Morgan fingerprint density at radius 2 is 1.48 bits per heavy atom. The van der Waals surface area contributed by atoms with E-state index < -0.39 is 0 Å². The Hall–Kier alpha value is -3.79. The highest BCUT2D eigenvalue weighted by molar-refractivity contribution is 6.21. The number of H-pyrrole nitrogens is 1. The van der Waals surface area contributed by atoms with Gasteiger partial charge in [0, 0.05) is 27.4 Å². The maximum absolute atomic E-state index is 4.71. The zero-order chi connectivity index (χ0) is 17.8. The molecule has 0 saturated carbocycles. The van der Waals surface area contributed by atoms with Gasteiger partial charge in [-0.3, -0.25) is 4.57 Å². The molecule has 0 atom stereocenters. The largest absolute Gasteiger partial charge is 0.340 e. The van der Waals surface area contributed by atoms with Crippen molar-refractivity contribution in [2.75, 3.05) is 0 Å². The molecule has 4 heteroatoms. The molecule has 0 unspecified atom stereocenters. The summed E-state index contributed by atoms with van der Waals surface area (Å²) in [5, 5.41) is 3.72. The number of imidazole rings is 1. The molecule has 0 saturated heterocycles. The summed E-state index contributed by atoms with van der Waals surface area (Å²) in [4.78, 5) is 8.31. The first kappa shape index (κ1) is 14.4. The number of nitrogens with zero attached hydrogens (tertiary/aromatic N) is 3. The molecule has 0 aliphatic carbocycles. The van der Waals surface area contributed by atoms with Gasteiger partial charge in [0.15, 0.2) is 5.82 Å². The number of rotatable bonds is 2. The molecule has 0 fully saturated rings. The monoisotopic (exact) mass is 348 g/mol. The van der Waals surface area contributed by atoms with Crippen LogP contribution in [0.3, 0.4) is 0 Å². The molecule has 0 bridgehead atoms. The van der Waals surface area contributed by atoms with Crippen molar-refractivity contribution in [2.24, 2.45) is 0 Å². The number of para-hydroxylation sites is 3. The first-order valence-electron chi connectivity index (χ1n) is 9.00. The van der Waals surface area contributed by atoms with Gasteiger partial charge in [0.05, 0.1) is 11.7 Å². The summed E-state index contributed by atoms with van der Waals surface area (Å²) >= 11 is 0. The second-order valence-electron chi connectivity index (χ2n) is 6.72. The molecule has 0 spiro atoms. The van der Waals surface area contributed by atoms with Crippen LogP contribution in [0.2, 0.25) is 0 Å². The maximum Gasteiger partial charge on any atom is 0.157 e. The van der Waals surface area contributed by atoms with Gasteiger partial charge in [0.25, 0.3) is 0 Å². The van der Waals surface area contributed by atoms with E-state index in [1.807, 2.05) is 24.5 Å². The molecule has 128 valence electrons. The Morgan fingerprint density at radius 1 is 0.741 bits per heavy atom. The fourth-order valence-electron chi connectivity index (χ4n) is 3.98. The van der Waals surface area contributed by atoms with Crippen molar-refractivity contribution < 1.29 is 0 Å². The van der Waals surface area contributed by atoms with Crippen LogP contribution in [0.4, 0.5) is 0 Å². The van der Waals surface area contributed by atoms with Gasteiger partial charge in [0.2, 0.25) is 0 Å². The van der Waals surface area contributed by atoms with E-state index in [1.54, 1.807) is 0 Å². The van der Waals surface area contributed by atoms with Crippen LogP contribution >= 0.6 is 0 Å². The molecular formula is C23H16N4. The van der Waals surface area contributed by atoms with Gasteiger partial charge < -0.3 is 9.55 Å². The maximum atomic E-state index is 4.71. The fraction of sp³-hybridized carbons (Fsp3) is 0. The van der Waals surface area contributed by atoms with Crippen molar-refractivity contribution in [3.05, 3.63) is 91.4 Å². The Kier molecular flexibility index (Phi) is 2.85. The zero-order valence-corrected chi connectivity index (χ0v) is 14.5. The minimum absolute atomic E-state index is 0.900. The average molecular weight is 348 g/mol. The molecule has 3 aromatic carbocycles. The highest BCUT2D eigenvalue weighted by Gasteiger charge is 2.17. The Labute approximate surface area is 155 Å². The lowest BCUT2D eigenvalue weighted by molar-refractivity contribution is 1.06. The van der Waals surface area contributed by atoms with Crippen molar-refractivity contribution in [1.82, 2.24) is 19.1 Å². The van der Waals surface area contributed by atoms with Crippen LogP contribution in [-0.2, 0) is 0 Å². The molecule has 4 nitrogen and oxygen atoms in total. The summed E-state index contributed by atoms with van der Waals surface area (Å²) in [6.07, 6.45) is 3.95. The summed E-state index contributed by atoms with van der Waals surface area (Å²) in [6.45, 7) is 0. The highest BCUT2D eigenvalue weighted by atomic mass is 15.2. The van der Waals surface area contributed by atoms with E-state index in [1.165, 1.54) is 16.2 Å². The molecule has 6 rings (SSSR count). The summed E-state index contributed by atoms with van der Waals surface area (Å²) in [5.41, 5.74) is 4.48. The van der Waals surface area contributed by atoms with E-state index in [2.05, 4.69) is 81.0 Å². The van der Waals surface area contributed by atoms with Gasteiger partial charge in [-0.05, 0) is 24.3 Å². The lowest BCUT2D eigenvalue weighted by atomic mass is 10.1. The number of fused-ring (bicyclic) bond motifs is 5. The van der Waals surface area contributed by atoms with Gasteiger partial charge in [-0.2, -0.15) is 0 Å². The van der Waals surface area contributed by atoms with Crippen molar-refractivity contribution in [3.8, 4) is 11.5 Å². The lowest BCUT2D eigenvalue weighted by Gasteiger charge is -2.03. The second-order valence-corrected chi connectivity index (χ2v) is 6.72. The summed E-state index contributed by atoms with van der Waals surface area (Å²) < 4.78 is 4.27. The second kappa shape index (κ2) is 5.35.